The molecule has 0 saturated carbocycles. The number of anilines is 1. The van der Waals surface area contributed by atoms with Crippen LogP contribution in [0.15, 0.2) is 82.2 Å². The number of hydrogen-bond acceptors (Lipinski definition) is 4. The Morgan fingerprint density at radius 1 is 1.00 bits per heavy atom. The molecule has 0 aromatic heterocycles. The summed E-state index contributed by atoms with van der Waals surface area (Å²) in [6.45, 7) is 4.19. The molecule has 0 fully saturated rings. The summed E-state index contributed by atoms with van der Waals surface area (Å²) in [6.07, 6.45) is -4.17. The highest BCUT2D eigenvalue weighted by molar-refractivity contribution is 9.10. The van der Waals surface area contributed by atoms with Crippen molar-refractivity contribution in [2.24, 2.45) is 0 Å². The number of nitrogens with zero attached hydrogens (tertiary/aromatic N) is 2. The smallest absolute Gasteiger partial charge is 0.352 e. The maximum Gasteiger partial charge on any atom is 0.416 e. The number of carbonyl (C=O) groups excluding carboxylic acids is 2. The van der Waals surface area contributed by atoms with Gasteiger partial charge in [-0.1, -0.05) is 64.8 Å². The normalized spacial score (nSPS) is 13.2. The van der Waals surface area contributed by atoms with E-state index in [-0.39, 0.29) is 22.5 Å². The Morgan fingerprint density at radius 3 is 2.19 bits per heavy atom. The van der Waals surface area contributed by atoms with Crippen molar-refractivity contribution in [2.45, 2.75) is 56.9 Å². The van der Waals surface area contributed by atoms with Crippen molar-refractivity contribution in [2.75, 3.05) is 10.8 Å². The standard InChI is InChI=1S/C29H30BrClF3N3O4S/c1-4-19(2)35-28(39)20(3)36(17-21-10-13-23(30)14-11-21)27(38)18-37(42(40,41)24-8-6-5-7-9-24)26-16-22(29(32,33)34)12-15-25(26)31/h5-16,19-20H,4,17-18H2,1-3H3,(H,35,39)/t19-,20+/m1/s1. The fraction of sp³-hybridized carbons (Fsp3) is 0.310. The Labute approximate surface area is 256 Å². The lowest BCUT2D eigenvalue weighted by Crippen LogP contribution is -2.52. The van der Waals surface area contributed by atoms with Crippen LogP contribution in [0.5, 0.6) is 0 Å². The van der Waals surface area contributed by atoms with Gasteiger partial charge in [0.15, 0.2) is 0 Å². The van der Waals surface area contributed by atoms with Gasteiger partial charge in [-0.3, -0.25) is 13.9 Å². The fourth-order valence-electron chi connectivity index (χ4n) is 3.95. The molecule has 7 nitrogen and oxygen atoms in total. The van der Waals surface area contributed by atoms with Crippen molar-refractivity contribution in [1.29, 1.82) is 0 Å². The van der Waals surface area contributed by atoms with Crippen LogP contribution in [0.2, 0.25) is 5.02 Å². The summed E-state index contributed by atoms with van der Waals surface area (Å²) in [5.74, 6) is -1.29. The molecular weight excluding hydrogens is 659 g/mol. The van der Waals surface area contributed by atoms with Crippen LogP contribution in [-0.2, 0) is 32.3 Å². The Kier molecular flexibility index (Phi) is 11.1. The third-order valence-corrected chi connectivity index (χ3v) is 9.21. The highest BCUT2D eigenvalue weighted by Crippen LogP contribution is 2.37. The lowest BCUT2D eigenvalue weighted by atomic mass is 10.1. The molecule has 0 heterocycles. The van der Waals surface area contributed by atoms with Crippen LogP contribution in [0, 0.1) is 0 Å². The highest BCUT2D eigenvalue weighted by Gasteiger charge is 2.36. The summed E-state index contributed by atoms with van der Waals surface area (Å²) in [6, 6.07) is 14.9. The van der Waals surface area contributed by atoms with E-state index in [0.717, 1.165) is 16.6 Å². The predicted octanol–water partition coefficient (Wildman–Crippen LogP) is 6.65. The molecule has 3 rings (SSSR count). The SMILES string of the molecule is CC[C@@H](C)NC(=O)[C@H](C)N(Cc1ccc(Br)cc1)C(=O)CN(c1cc(C(F)(F)F)ccc1Cl)S(=O)(=O)c1ccccc1. The first-order valence-corrected chi connectivity index (χ1v) is 15.5. The van der Waals surface area contributed by atoms with E-state index in [2.05, 4.69) is 21.2 Å². The Bertz CT molecular complexity index is 1510. The minimum atomic E-state index is -4.80. The quantitative estimate of drug-likeness (QED) is 0.245. The van der Waals surface area contributed by atoms with Crippen LogP contribution in [0.25, 0.3) is 0 Å². The average molecular weight is 689 g/mol. The monoisotopic (exact) mass is 687 g/mol. The van der Waals surface area contributed by atoms with Crippen molar-refractivity contribution in [1.82, 2.24) is 10.2 Å². The van der Waals surface area contributed by atoms with Gasteiger partial charge in [-0.25, -0.2) is 8.42 Å². The third kappa shape index (κ3) is 8.26. The first-order chi connectivity index (χ1) is 19.6. The van der Waals surface area contributed by atoms with Crippen molar-refractivity contribution < 1.29 is 31.2 Å². The molecule has 0 unspecified atom stereocenters. The zero-order chi connectivity index (χ0) is 31.2. The minimum absolute atomic E-state index is 0.0727. The second kappa shape index (κ2) is 13.9. The number of halogens is 5. The molecule has 0 spiro atoms. The molecule has 42 heavy (non-hydrogen) atoms. The van der Waals surface area contributed by atoms with Crippen LogP contribution in [0.3, 0.4) is 0 Å². The van der Waals surface area contributed by atoms with Crippen LogP contribution in [0.4, 0.5) is 18.9 Å². The molecule has 226 valence electrons. The second-order valence-corrected chi connectivity index (χ2v) is 12.8. The maximum absolute atomic E-state index is 13.9. The maximum atomic E-state index is 13.9. The minimum Gasteiger partial charge on any atom is -0.352 e. The molecule has 3 aromatic rings. The molecule has 0 aliphatic rings. The third-order valence-electron chi connectivity index (χ3n) is 6.59. The molecule has 2 atom stereocenters. The number of nitrogens with one attached hydrogen (secondary N) is 1. The lowest BCUT2D eigenvalue weighted by molar-refractivity contribution is -0.139. The number of amides is 2. The highest BCUT2D eigenvalue weighted by atomic mass is 79.9. The van der Waals surface area contributed by atoms with Gasteiger partial charge in [0.2, 0.25) is 11.8 Å². The molecular formula is C29H30BrClF3N3O4S. The molecule has 1 N–H and O–H groups in total. The van der Waals surface area contributed by atoms with Crippen LogP contribution < -0.4 is 9.62 Å². The number of sulfonamides is 1. The Balaban J connectivity index is 2.11. The first-order valence-electron chi connectivity index (χ1n) is 12.9. The molecule has 0 radical (unpaired) electrons. The van der Waals surface area contributed by atoms with E-state index in [1.807, 2.05) is 6.92 Å². The second-order valence-electron chi connectivity index (χ2n) is 9.63. The molecule has 0 bridgehead atoms. The van der Waals surface area contributed by atoms with E-state index in [0.29, 0.717) is 22.4 Å². The summed E-state index contributed by atoms with van der Waals surface area (Å²) in [7, 11) is -4.59. The van der Waals surface area contributed by atoms with Gasteiger partial charge in [-0.15, -0.1) is 0 Å². The topological polar surface area (TPSA) is 86.8 Å². The number of hydrogen-bond donors (Lipinski definition) is 1. The predicted molar refractivity (Wildman–Crippen MR) is 159 cm³/mol. The summed E-state index contributed by atoms with van der Waals surface area (Å²) >= 11 is 9.61. The summed E-state index contributed by atoms with van der Waals surface area (Å²) in [5, 5.41) is 2.51. The molecule has 0 saturated heterocycles. The fourth-order valence-corrected chi connectivity index (χ4v) is 5.93. The molecule has 2 amide bonds. The zero-order valence-electron chi connectivity index (χ0n) is 23.0. The van der Waals surface area contributed by atoms with Crippen molar-refractivity contribution in [3.63, 3.8) is 0 Å². The van der Waals surface area contributed by atoms with E-state index >= 15 is 0 Å². The van der Waals surface area contributed by atoms with E-state index in [4.69, 9.17) is 11.6 Å². The number of carbonyl (C=O) groups is 2. The van der Waals surface area contributed by atoms with Gasteiger partial charge < -0.3 is 10.2 Å². The van der Waals surface area contributed by atoms with Crippen LogP contribution in [0.1, 0.15) is 38.3 Å². The van der Waals surface area contributed by atoms with Crippen molar-refractivity contribution in [3.05, 3.63) is 93.4 Å². The molecule has 13 heteroatoms. The van der Waals surface area contributed by atoms with Crippen LogP contribution >= 0.6 is 27.5 Å². The zero-order valence-corrected chi connectivity index (χ0v) is 26.2. The average Bonchev–Trinajstić information content (AvgIpc) is 2.95. The van der Waals surface area contributed by atoms with Gasteiger partial charge >= 0.3 is 6.18 Å². The van der Waals surface area contributed by atoms with Gasteiger partial charge in [-0.05, 0) is 68.3 Å². The number of alkyl halides is 3. The summed E-state index contributed by atoms with van der Waals surface area (Å²) < 4.78 is 69.9. The van der Waals surface area contributed by atoms with Gasteiger partial charge in [-0.2, -0.15) is 13.2 Å². The number of benzene rings is 3. The summed E-state index contributed by atoms with van der Waals surface area (Å²) in [4.78, 5) is 28.0. The largest absolute Gasteiger partial charge is 0.416 e. The van der Waals surface area contributed by atoms with Crippen molar-refractivity contribution in [3.8, 4) is 0 Å². The Morgan fingerprint density at radius 2 is 1.62 bits per heavy atom. The molecule has 0 aliphatic heterocycles. The van der Waals surface area contributed by atoms with Crippen LogP contribution in [-0.4, -0.2) is 43.8 Å². The van der Waals surface area contributed by atoms with E-state index in [9.17, 15) is 31.2 Å². The van der Waals surface area contributed by atoms with Crippen molar-refractivity contribution >= 4 is 55.1 Å². The van der Waals surface area contributed by atoms with Gasteiger partial charge in [0.1, 0.15) is 12.6 Å². The van der Waals surface area contributed by atoms with Gasteiger partial charge in [0.25, 0.3) is 10.0 Å². The van der Waals surface area contributed by atoms with Gasteiger partial charge in [0, 0.05) is 17.1 Å². The van der Waals surface area contributed by atoms with E-state index in [1.165, 1.54) is 36.1 Å². The number of rotatable bonds is 11. The van der Waals surface area contributed by atoms with E-state index < -0.39 is 51.9 Å². The Hall–Kier alpha value is -3.09. The molecule has 0 aliphatic carbocycles. The lowest BCUT2D eigenvalue weighted by Gasteiger charge is -2.33. The van der Waals surface area contributed by atoms with Gasteiger partial charge in [0.05, 0.1) is 21.2 Å². The first kappa shape index (κ1) is 33.4. The summed E-state index contributed by atoms with van der Waals surface area (Å²) in [5.41, 5.74) is -1.02. The molecule has 3 aromatic carbocycles. The van der Waals surface area contributed by atoms with E-state index in [1.54, 1.807) is 37.3 Å².